The highest BCUT2D eigenvalue weighted by molar-refractivity contribution is 5.70. The zero-order chi connectivity index (χ0) is 43.5. The number of carbonyl (C=O) groups is 2. The van der Waals surface area contributed by atoms with Crippen molar-refractivity contribution in [3.63, 3.8) is 0 Å². The molecule has 0 aliphatic rings. The van der Waals surface area contributed by atoms with Crippen LogP contribution in [0.3, 0.4) is 0 Å². The maximum Gasteiger partial charge on any atom is 0.306 e. The highest BCUT2D eigenvalue weighted by Crippen LogP contribution is 2.13. The van der Waals surface area contributed by atoms with E-state index < -0.39 is 6.10 Å². The van der Waals surface area contributed by atoms with E-state index in [0.717, 1.165) is 83.5 Å². The predicted octanol–water partition coefficient (Wildman–Crippen LogP) is 16.7. The van der Waals surface area contributed by atoms with Gasteiger partial charge < -0.3 is 14.2 Å². The first-order valence-electron chi connectivity index (χ1n) is 24.8. The molecule has 60 heavy (non-hydrogen) atoms. The maximum atomic E-state index is 12.8. The molecule has 0 spiro atoms. The molecule has 0 bridgehead atoms. The van der Waals surface area contributed by atoms with Gasteiger partial charge in [0.2, 0.25) is 0 Å². The van der Waals surface area contributed by atoms with Crippen molar-refractivity contribution in [3.05, 3.63) is 97.2 Å². The Morgan fingerprint density at radius 1 is 0.383 bits per heavy atom. The van der Waals surface area contributed by atoms with E-state index in [2.05, 4.69) is 112 Å². The third-order valence-corrected chi connectivity index (χ3v) is 10.1. The first-order valence-corrected chi connectivity index (χ1v) is 24.8. The summed E-state index contributed by atoms with van der Waals surface area (Å²) in [5.74, 6) is -0.509. The maximum absolute atomic E-state index is 12.8. The zero-order valence-corrected chi connectivity index (χ0v) is 39.2. The van der Waals surface area contributed by atoms with Crippen LogP contribution in [0.2, 0.25) is 0 Å². The molecule has 0 N–H and O–H groups in total. The Labute approximate surface area is 371 Å². The minimum Gasteiger partial charge on any atom is -0.462 e. The van der Waals surface area contributed by atoms with Crippen LogP contribution >= 0.6 is 0 Å². The fourth-order valence-electron chi connectivity index (χ4n) is 6.47. The number of rotatable bonds is 44. The Morgan fingerprint density at radius 2 is 0.783 bits per heavy atom. The van der Waals surface area contributed by atoms with Gasteiger partial charge in [0.25, 0.3) is 0 Å². The third-order valence-electron chi connectivity index (χ3n) is 10.1. The van der Waals surface area contributed by atoms with Crippen molar-refractivity contribution < 1.29 is 23.8 Å². The van der Waals surface area contributed by atoms with E-state index in [0.29, 0.717) is 25.9 Å². The minimum absolute atomic E-state index is 0.0364. The summed E-state index contributed by atoms with van der Waals surface area (Å²) in [4.78, 5) is 25.3. The zero-order valence-electron chi connectivity index (χ0n) is 39.2. The van der Waals surface area contributed by atoms with Gasteiger partial charge in [-0.3, -0.25) is 9.59 Å². The molecule has 342 valence electrons. The van der Waals surface area contributed by atoms with E-state index in [9.17, 15) is 9.59 Å². The second-order valence-corrected chi connectivity index (χ2v) is 15.9. The molecule has 0 aromatic carbocycles. The van der Waals surface area contributed by atoms with Gasteiger partial charge in [-0.05, 0) is 103 Å². The van der Waals surface area contributed by atoms with Crippen LogP contribution in [0.15, 0.2) is 97.2 Å². The summed E-state index contributed by atoms with van der Waals surface area (Å²) in [5.41, 5.74) is 0. The van der Waals surface area contributed by atoms with E-state index in [1.807, 2.05) is 6.08 Å². The molecule has 0 radical (unpaired) electrons. The van der Waals surface area contributed by atoms with Gasteiger partial charge in [-0.2, -0.15) is 0 Å². The number of allylic oxidation sites excluding steroid dienone is 16. The summed E-state index contributed by atoms with van der Waals surface area (Å²) in [6.07, 6.45) is 67.1. The van der Waals surface area contributed by atoms with Crippen molar-refractivity contribution in [2.75, 3.05) is 19.8 Å². The van der Waals surface area contributed by atoms with E-state index >= 15 is 0 Å². The van der Waals surface area contributed by atoms with Crippen LogP contribution in [0, 0.1) is 0 Å². The lowest BCUT2D eigenvalue weighted by Crippen LogP contribution is -2.30. The number of ether oxygens (including phenoxy) is 3. The Hall–Kier alpha value is -3.18. The fraction of sp³-hybridized carbons (Fsp3) is 0.673. The van der Waals surface area contributed by atoms with Crippen LogP contribution in [0.4, 0.5) is 0 Å². The van der Waals surface area contributed by atoms with Crippen molar-refractivity contribution in [2.24, 2.45) is 0 Å². The lowest BCUT2D eigenvalue weighted by Gasteiger charge is -2.18. The number of hydrogen-bond donors (Lipinski definition) is 0. The van der Waals surface area contributed by atoms with Crippen LogP contribution in [-0.4, -0.2) is 37.9 Å². The van der Waals surface area contributed by atoms with Gasteiger partial charge in [-0.25, -0.2) is 0 Å². The molecule has 0 aliphatic heterocycles. The topological polar surface area (TPSA) is 61.8 Å². The molecule has 0 aromatic heterocycles. The average molecular weight is 833 g/mol. The van der Waals surface area contributed by atoms with Crippen LogP contribution in [0.5, 0.6) is 0 Å². The SMILES string of the molecule is CC/C=C\C/C=C\C/C=C\C/C=C\CCC(=O)OCC(COCCCCCCCCCC/C=C\C/C=C\C/C=C\CC)OC(=O)CCCCCCC/C=C\CCCCCC. The van der Waals surface area contributed by atoms with Crippen molar-refractivity contribution in [1.29, 1.82) is 0 Å². The minimum atomic E-state index is -0.577. The monoisotopic (exact) mass is 833 g/mol. The average Bonchev–Trinajstić information content (AvgIpc) is 3.25. The summed E-state index contributed by atoms with van der Waals surface area (Å²) >= 11 is 0. The van der Waals surface area contributed by atoms with E-state index in [4.69, 9.17) is 14.2 Å². The smallest absolute Gasteiger partial charge is 0.306 e. The van der Waals surface area contributed by atoms with Gasteiger partial charge >= 0.3 is 11.9 Å². The van der Waals surface area contributed by atoms with Gasteiger partial charge in [0.1, 0.15) is 6.61 Å². The fourth-order valence-corrected chi connectivity index (χ4v) is 6.47. The van der Waals surface area contributed by atoms with E-state index in [-0.39, 0.29) is 25.2 Å². The lowest BCUT2D eigenvalue weighted by molar-refractivity contribution is -0.162. The Bertz CT molecular complexity index is 1170. The van der Waals surface area contributed by atoms with Crippen molar-refractivity contribution in [3.8, 4) is 0 Å². The molecular weight excluding hydrogens is 741 g/mol. The molecule has 0 rings (SSSR count). The standard InChI is InChI=1S/C55H92O5/c1-4-7-10-13-16-19-22-25-26-27-28-29-32-35-38-41-44-47-50-58-51-53(60-55(57)49-46-43-40-37-34-31-24-21-18-15-12-9-6-3)52-59-54(56)48-45-42-39-36-33-30-23-20-17-14-11-8-5-2/h7-8,10-11,16-17,19-21,24-26,30,33,39,42,53H,4-6,9,12-15,18,22-23,27-29,31-32,34-38,40-41,43-52H2,1-3H3/b10-7-,11-8-,19-16-,20-17-,24-21-,26-25-,33-30-,42-39-. The number of esters is 2. The summed E-state index contributed by atoms with van der Waals surface area (Å²) in [5, 5.41) is 0. The molecule has 5 heteroatoms. The summed E-state index contributed by atoms with van der Waals surface area (Å²) in [7, 11) is 0. The highest BCUT2D eigenvalue weighted by atomic mass is 16.6. The first-order chi connectivity index (χ1) is 29.6. The molecule has 5 nitrogen and oxygen atoms in total. The molecule has 0 aromatic rings. The van der Waals surface area contributed by atoms with Crippen molar-refractivity contribution in [1.82, 2.24) is 0 Å². The normalized spacial score (nSPS) is 13.1. The largest absolute Gasteiger partial charge is 0.462 e. The molecule has 0 saturated carbocycles. The number of hydrogen-bond acceptors (Lipinski definition) is 5. The Balaban J connectivity index is 4.37. The molecule has 0 fully saturated rings. The van der Waals surface area contributed by atoms with E-state index in [1.54, 1.807) is 0 Å². The Kier molecular flexibility index (Phi) is 47.5. The molecule has 0 aliphatic carbocycles. The first kappa shape index (κ1) is 56.8. The third kappa shape index (κ3) is 47.5. The second-order valence-electron chi connectivity index (χ2n) is 15.9. The van der Waals surface area contributed by atoms with Crippen molar-refractivity contribution in [2.45, 2.75) is 219 Å². The molecular formula is C55H92O5. The van der Waals surface area contributed by atoms with Crippen LogP contribution in [-0.2, 0) is 23.8 Å². The Morgan fingerprint density at radius 3 is 1.28 bits per heavy atom. The number of carbonyl (C=O) groups excluding carboxylic acids is 2. The predicted molar refractivity (Wildman–Crippen MR) is 260 cm³/mol. The van der Waals surface area contributed by atoms with Gasteiger partial charge in [0, 0.05) is 19.4 Å². The molecule has 1 unspecified atom stereocenters. The number of unbranched alkanes of at least 4 members (excludes halogenated alkanes) is 17. The van der Waals surface area contributed by atoms with E-state index in [1.165, 1.54) is 89.9 Å². The van der Waals surface area contributed by atoms with Crippen LogP contribution in [0.1, 0.15) is 213 Å². The lowest BCUT2D eigenvalue weighted by atomic mass is 10.1. The van der Waals surface area contributed by atoms with Crippen molar-refractivity contribution >= 4 is 11.9 Å². The quantitative estimate of drug-likeness (QED) is 0.0348. The van der Waals surface area contributed by atoms with Crippen LogP contribution in [0.25, 0.3) is 0 Å². The summed E-state index contributed by atoms with van der Waals surface area (Å²) < 4.78 is 17.3. The molecule has 0 amide bonds. The van der Waals surface area contributed by atoms with Gasteiger partial charge in [0.05, 0.1) is 6.61 Å². The molecule has 0 heterocycles. The summed E-state index contributed by atoms with van der Waals surface area (Å²) in [6.45, 7) is 7.48. The van der Waals surface area contributed by atoms with Gasteiger partial charge in [0.15, 0.2) is 6.10 Å². The second kappa shape index (κ2) is 50.2. The van der Waals surface area contributed by atoms with Gasteiger partial charge in [-0.1, -0.05) is 195 Å². The highest BCUT2D eigenvalue weighted by Gasteiger charge is 2.17. The van der Waals surface area contributed by atoms with Gasteiger partial charge in [-0.15, -0.1) is 0 Å². The summed E-state index contributed by atoms with van der Waals surface area (Å²) in [6, 6.07) is 0. The van der Waals surface area contributed by atoms with Crippen LogP contribution < -0.4 is 0 Å². The molecule has 0 saturated heterocycles. The molecule has 1 atom stereocenters.